The summed E-state index contributed by atoms with van der Waals surface area (Å²) in [5.41, 5.74) is 1.34. The Morgan fingerprint density at radius 3 is 1.82 bits per heavy atom. The molecule has 146 valence electrons. The molecule has 0 radical (unpaired) electrons. The lowest BCUT2D eigenvalue weighted by Gasteiger charge is -2.14. The Hall–Kier alpha value is -2.48. The molecule has 0 amide bonds. The van der Waals surface area contributed by atoms with Crippen molar-refractivity contribution in [2.75, 3.05) is 0 Å². The number of rotatable bonds is 7. The first kappa shape index (κ1) is 20.3. The van der Waals surface area contributed by atoms with Crippen molar-refractivity contribution in [1.82, 2.24) is 0 Å². The number of primary sulfonamides is 1. The fourth-order valence-electron chi connectivity index (χ4n) is 3.15. The quantitative estimate of drug-likeness (QED) is 0.640. The predicted molar refractivity (Wildman–Crippen MR) is 108 cm³/mol. The minimum Gasteiger partial charge on any atom is -0.225 e. The van der Waals surface area contributed by atoms with E-state index in [2.05, 4.69) is 0 Å². The molecule has 0 heterocycles. The number of hydrogen-bond donors (Lipinski definition) is 1. The Morgan fingerprint density at radius 1 is 0.643 bits per heavy atom. The van der Waals surface area contributed by atoms with Gasteiger partial charge in [-0.2, -0.15) is 0 Å². The van der Waals surface area contributed by atoms with Gasteiger partial charge in [-0.1, -0.05) is 54.6 Å². The van der Waals surface area contributed by atoms with E-state index in [1.165, 1.54) is 30.3 Å². The fraction of sp³-hybridized carbons (Fsp3) is 0.143. The van der Waals surface area contributed by atoms with Crippen LogP contribution >= 0.6 is 0 Å². The summed E-state index contributed by atoms with van der Waals surface area (Å²) >= 11 is 0. The highest BCUT2D eigenvalue weighted by Crippen LogP contribution is 2.29. The first-order chi connectivity index (χ1) is 13.3. The van der Waals surface area contributed by atoms with Crippen molar-refractivity contribution in [2.45, 2.75) is 33.9 Å². The van der Waals surface area contributed by atoms with Crippen molar-refractivity contribution < 1.29 is 16.8 Å². The third kappa shape index (κ3) is 4.49. The first-order valence-corrected chi connectivity index (χ1v) is 11.8. The molecule has 3 aromatic rings. The highest BCUT2D eigenvalue weighted by molar-refractivity contribution is 7.91. The Bertz CT molecular complexity index is 1160. The standard InChI is InChI=1S/C21H21NO4S2/c22-28(25,26)21-16-8-15-20(27(23,24)18-12-5-2-6-13-18)19(21)14-7-11-17-9-3-1-4-10-17/h1-6,8-10,12-13,15-16H,7,11,14H2,(H2,22,25,26). The van der Waals surface area contributed by atoms with Gasteiger partial charge in [-0.15, -0.1) is 0 Å². The number of sulfonamides is 1. The number of benzene rings is 3. The zero-order valence-corrected chi connectivity index (χ0v) is 16.8. The molecule has 0 saturated heterocycles. The van der Waals surface area contributed by atoms with Crippen LogP contribution in [0.15, 0.2) is 93.5 Å². The maximum atomic E-state index is 13.1. The Kier molecular flexibility index (Phi) is 5.98. The highest BCUT2D eigenvalue weighted by Gasteiger charge is 2.25. The number of hydrogen-bond acceptors (Lipinski definition) is 4. The lowest BCUT2D eigenvalue weighted by Crippen LogP contribution is -2.17. The van der Waals surface area contributed by atoms with Crippen molar-refractivity contribution in [3.8, 4) is 0 Å². The molecule has 2 N–H and O–H groups in total. The lowest BCUT2D eigenvalue weighted by molar-refractivity contribution is 0.591. The monoisotopic (exact) mass is 415 g/mol. The molecule has 0 aromatic heterocycles. The van der Waals surface area contributed by atoms with Crippen molar-refractivity contribution >= 4 is 19.9 Å². The molecule has 7 heteroatoms. The second-order valence-electron chi connectivity index (χ2n) is 6.43. The minimum absolute atomic E-state index is 0.0155. The lowest BCUT2D eigenvalue weighted by atomic mass is 10.0. The molecule has 0 unspecified atom stereocenters. The summed E-state index contributed by atoms with van der Waals surface area (Å²) in [5.74, 6) is 0. The minimum atomic E-state index is -4.06. The molecule has 28 heavy (non-hydrogen) atoms. The molecule has 0 spiro atoms. The van der Waals surface area contributed by atoms with Crippen LogP contribution in [0.3, 0.4) is 0 Å². The zero-order valence-electron chi connectivity index (χ0n) is 15.2. The molecule has 3 aromatic carbocycles. The summed E-state index contributed by atoms with van der Waals surface area (Å²) in [7, 11) is -7.93. The van der Waals surface area contributed by atoms with Gasteiger partial charge < -0.3 is 0 Å². The van der Waals surface area contributed by atoms with Gasteiger partial charge in [0.2, 0.25) is 19.9 Å². The van der Waals surface area contributed by atoms with E-state index < -0.39 is 19.9 Å². The topological polar surface area (TPSA) is 94.3 Å². The van der Waals surface area contributed by atoms with Crippen LogP contribution in [0.5, 0.6) is 0 Å². The molecule has 3 rings (SSSR count). The van der Waals surface area contributed by atoms with E-state index in [0.717, 1.165) is 5.56 Å². The van der Waals surface area contributed by atoms with Crippen LogP contribution in [-0.4, -0.2) is 16.8 Å². The normalized spacial score (nSPS) is 12.0. The number of nitrogens with two attached hydrogens (primary N) is 1. The SMILES string of the molecule is NS(=O)(=O)c1cccc(S(=O)(=O)c2ccccc2)c1CCCc1ccccc1. The van der Waals surface area contributed by atoms with Gasteiger partial charge in [-0.3, -0.25) is 0 Å². The molecule has 0 saturated carbocycles. The second-order valence-corrected chi connectivity index (χ2v) is 9.88. The largest absolute Gasteiger partial charge is 0.238 e. The maximum absolute atomic E-state index is 13.1. The molecular weight excluding hydrogens is 394 g/mol. The van der Waals surface area contributed by atoms with E-state index >= 15 is 0 Å². The van der Waals surface area contributed by atoms with Gasteiger partial charge in [-0.25, -0.2) is 22.0 Å². The molecule has 0 aliphatic heterocycles. The average Bonchev–Trinajstić information content (AvgIpc) is 2.68. The molecule has 0 fully saturated rings. The van der Waals surface area contributed by atoms with Crippen LogP contribution in [-0.2, 0) is 32.7 Å². The highest BCUT2D eigenvalue weighted by atomic mass is 32.2. The van der Waals surface area contributed by atoms with Crippen molar-refractivity contribution in [2.24, 2.45) is 5.14 Å². The summed E-state index contributed by atoms with van der Waals surface area (Å²) in [6.45, 7) is 0. The molecule has 5 nitrogen and oxygen atoms in total. The number of sulfone groups is 1. The fourth-order valence-corrected chi connectivity index (χ4v) is 5.60. The molecule has 0 aliphatic rings. The summed E-state index contributed by atoms with van der Waals surface area (Å²) in [6.07, 6.45) is 1.57. The third-order valence-corrected chi connectivity index (χ3v) is 7.32. The summed E-state index contributed by atoms with van der Waals surface area (Å²) in [4.78, 5) is -0.0401. The summed E-state index contributed by atoms with van der Waals surface area (Å²) < 4.78 is 50.4. The second kappa shape index (κ2) is 8.26. The van der Waals surface area contributed by atoms with Gasteiger partial charge in [0.1, 0.15) is 0 Å². The van der Waals surface area contributed by atoms with Crippen LogP contribution in [0.4, 0.5) is 0 Å². The molecule has 0 bridgehead atoms. The molecule has 0 aliphatic carbocycles. The van der Waals surface area contributed by atoms with Crippen molar-refractivity contribution in [3.05, 3.63) is 90.0 Å². The Morgan fingerprint density at radius 2 is 1.21 bits per heavy atom. The van der Waals surface area contributed by atoms with E-state index in [1.54, 1.807) is 18.2 Å². The Labute approximate surface area is 165 Å². The smallest absolute Gasteiger partial charge is 0.225 e. The molecule has 0 atom stereocenters. The summed E-state index contributed by atoms with van der Waals surface area (Å²) in [5, 5.41) is 5.37. The van der Waals surface area contributed by atoms with E-state index in [9.17, 15) is 16.8 Å². The zero-order chi connectivity index (χ0) is 20.2. The van der Waals surface area contributed by atoms with E-state index in [-0.39, 0.29) is 26.7 Å². The van der Waals surface area contributed by atoms with Crippen LogP contribution in [0.25, 0.3) is 0 Å². The van der Waals surface area contributed by atoms with Gasteiger partial charge in [0, 0.05) is 0 Å². The van der Waals surface area contributed by atoms with Crippen molar-refractivity contribution in [1.29, 1.82) is 0 Å². The van der Waals surface area contributed by atoms with Gasteiger partial charge in [0.15, 0.2) is 0 Å². The van der Waals surface area contributed by atoms with Crippen molar-refractivity contribution in [3.63, 3.8) is 0 Å². The number of aryl methyl sites for hydroxylation is 1. The van der Waals surface area contributed by atoms with E-state index in [1.807, 2.05) is 30.3 Å². The average molecular weight is 416 g/mol. The first-order valence-electron chi connectivity index (χ1n) is 8.79. The van der Waals surface area contributed by atoms with Crippen LogP contribution in [0, 0.1) is 0 Å². The predicted octanol–water partition coefficient (Wildman–Crippen LogP) is 3.34. The van der Waals surface area contributed by atoms with E-state index in [4.69, 9.17) is 5.14 Å². The van der Waals surface area contributed by atoms with Gasteiger partial charge in [0.25, 0.3) is 0 Å². The van der Waals surface area contributed by atoms with Gasteiger partial charge in [0.05, 0.1) is 14.7 Å². The maximum Gasteiger partial charge on any atom is 0.238 e. The van der Waals surface area contributed by atoms with Crippen LogP contribution in [0.2, 0.25) is 0 Å². The molecular formula is C21H21NO4S2. The third-order valence-electron chi connectivity index (χ3n) is 4.47. The summed E-state index contributed by atoms with van der Waals surface area (Å²) in [6, 6.07) is 21.9. The van der Waals surface area contributed by atoms with Gasteiger partial charge >= 0.3 is 0 Å². The Balaban J connectivity index is 2.03. The van der Waals surface area contributed by atoms with Crippen LogP contribution < -0.4 is 5.14 Å². The van der Waals surface area contributed by atoms with Crippen LogP contribution in [0.1, 0.15) is 17.5 Å². The van der Waals surface area contributed by atoms with E-state index in [0.29, 0.717) is 12.8 Å². The van der Waals surface area contributed by atoms with Gasteiger partial charge in [-0.05, 0) is 54.7 Å².